The van der Waals surface area contributed by atoms with Gasteiger partial charge in [-0.3, -0.25) is 9.41 Å². The Hall–Kier alpha value is -1.86. The zero-order chi connectivity index (χ0) is 15.0. The predicted molar refractivity (Wildman–Crippen MR) is 98.7 cm³/mol. The Kier molecular flexibility index (Phi) is 11.6. The molecule has 0 nitrogen and oxygen atoms in total. The van der Waals surface area contributed by atoms with Crippen molar-refractivity contribution < 1.29 is 35.6 Å². The second kappa shape index (κ2) is 12.5. The van der Waals surface area contributed by atoms with Gasteiger partial charge in [-0.15, -0.1) is 47.5 Å². The van der Waals surface area contributed by atoms with Crippen LogP contribution in [0, 0.1) is 12.2 Å². The Morgan fingerprint density at radius 1 is 0.560 bits per heavy atom. The van der Waals surface area contributed by atoms with E-state index in [-0.39, 0.29) is 35.6 Å². The Balaban J connectivity index is 0.000000411. The Morgan fingerprint density at radius 3 is 1.20 bits per heavy atom. The molecule has 0 saturated carbocycles. The summed E-state index contributed by atoms with van der Waals surface area (Å²) in [5, 5.41) is 0. The van der Waals surface area contributed by atoms with E-state index < -0.39 is 0 Å². The summed E-state index contributed by atoms with van der Waals surface area (Å²) in [6.07, 6.45) is 17.0. The van der Waals surface area contributed by atoms with Crippen LogP contribution in [0.5, 0.6) is 0 Å². The van der Waals surface area contributed by atoms with Crippen LogP contribution in [0.3, 0.4) is 0 Å². The molecule has 0 radical (unpaired) electrons. The van der Waals surface area contributed by atoms with Crippen molar-refractivity contribution >= 4 is 11.1 Å². The van der Waals surface area contributed by atoms with Crippen LogP contribution in [0.2, 0.25) is 0 Å². The number of benzene rings is 2. The number of hydrogen-bond acceptors (Lipinski definition) is 0. The molecule has 0 heterocycles. The van der Waals surface area contributed by atoms with Gasteiger partial charge in [-0.25, -0.2) is 0 Å². The molecular weight excluding hydrogens is 393 g/mol. The van der Waals surface area contributed by atoms with Crippen LogP contribution >= 0.6 is 0 Å². The van der Waals surface area contributed by atoms with E-state index in [4.69, 9.17) is 0 Å². The van der Waals surface area contributed by atoms with Gasteiger partial charge in [-0.2, -0.15) is 35.5 Å². The summed E-state index contributed by atoms with van der Waals surface area (Å²) in [5.74, 6) is 0. The van der Waals surface area contributed by atoms with Crippen LogP contribution in [-0.4, -0.2) is 0 Å². The zero-order valence-corrected chi connectivity index (χ0v) is 16.3. The standard InChI is InChI=1S/2C11H9.2FH.Zr/c2*1-2-6-10(7-3-1)11-8-4-5-9-11;;;/h2*1-4,6-8H,5H2;2*1H;/q2*-1;;;+2. The molecule has 0 N–H and O–H groups in total. The van der Waals surface area contributed by atoms with E-state index in [1.165, 1.54) is 22.3 Å². The molecule has 0 unspecified atom stereocenters. The second-order valence-electron chi connectivity index (χ2n) is 5.13. The van der Waals surface area contributed by atoms with Gasteiger partial charge in [0.25, 0.3) is 0 Å². The molecule has 2 aliphatic rings. The van der Waals surface area contributed by atoms with Crippen LogP contribution in [0.15, 0.2) is 85.0 Å². The van der Waals surface area contributed by atoms with Crippen molar-refractivity contribution in [3.05, 3.63) is 108 Å². The molecule has 0 aromatic heterocycles. The average Bonchev–Trinajstić information content (AvgIpc) is 3.31. The summed E-state index contributed by atoms with van der Waals surface area (Å²) in [5.41, 5.74) is 4.98. The van der Waals surface area contributed by atoms with Crippen molar-refractivity contribution in [3.8, 4) is 0 Å². The molecule has 3 heteroatoms. The molecule has 0 atom stereocenters. The van der Waals surface area contributed by atoms with Gasteiger partial charge >= 0.3 is 26.2 Å². The van der Waals surface area contributed by atoms with Gasteiger partial charge in [-0.05, 0) is 0 Å². The fourth-order valence-corrected chi connectivity index (χ4v) is 2.44. The summed E-state index contributed by atoms with van der Waals surface area (Å²) in [6.45, 7) is 0. The zero-order valence-electron chi connectivity index (χ0n) is 13.8. The molecule has 25 heavy (non-hydrogen) atoms. The monoisotopic (exact) mass is 412 g/mol. The quantitative estimate of drug-likeness (QED) is 0.532. The molecule has 2 aromatic rings. The van der Waals surface area contributed by atoms with Gasteiger partial charge in [0, 0.05) is 0 Å². The van der Waals surface area contributed by atoms with Crippen molar-refractivity contribution in [1.29, 1.82) is 0 Å². The normalized spacial score (nSPS) is 13.3. The van der Waals surface area contributed by atoms with Crippen molar-refractivity contribution in [1.82, 2.24) is 0 Å². The molecule has 0 bridgehead atoms. The Bertz CT molecular complexity index is 664. The van der Waals surface area contributed by atoms with Gasteiger partial charge < -0.3 is 0 Å². The van der Waals surface area contributed by atoms with Crippen LogP contribution in [-0.2, 0) is 26.2 Å². The summed E-state index contributed by atoms with van der Waals surface area (Å²) >= 11 is 0. The summed E-state index contributed by atoms with van der Waals surface area (Å²) in [4.78, 5) is 0. The topological polar surface area (TPSA) is 0 Å². The van der Waals surface area contributed by atoms with Gasteiger partial charge in [-0.1, -0.05) is 49.2 Å². The molecule has 0 saturated heterocycles. The van der Waals surface area contributed by atoms with E-state index in [9.17, 15) is 0 Å². The minimum atomic E-state index is 0. The number of halogens is 2. The summed E-state index contributed by atoms with van der Waals surface area (Å²) < 4.78 is 0. The van der Waals surface area contributed by atoms with Crippen LogP contribution < -0.4 is 0 Å². The van der Waals surface area contributed by atoms with Crippen LogP contribution in [0.4, 0.5) is 9.41 Å². The molecular formula is C22H20F2Zr. The first-order chi connectivity index (χ1) is 10.9. The third kappa shape index (κ3) is 6.88. The van der Waals surface area contributed by atoms with E-state index in [0.29, 0.717) is 0 Å². The molecule has 0 spiro atoms. The number of allylic oxidation sites excluding steroid dienone is 8. The van der Waals surface area contributed by atoms with E-state index in [2.05, 4.69) is 85.0 Å². The van der Waals surface area contributed by atoms with Crippen molar-refractivity contribution in [2.24, 2.45) is 0 Å². The fraction of sp³-hybridized carbons (Fsp3) is 0.0909. The molecule has 126 valence electrons. The van der Waals surface area contributed by atoms with Crippen molar-refractivity contribution in [3.63, 3.8) is 0 Å². The Labute approximate surface area is 167 Å². The van der Waals surface area contributed by atoms with E-state index in [0.717, 1.165) is 12.8 Å². The van der Waals surface area contributed by atoms with Gasteiger partial charge in [0.15, 0.2) is 0 Å². The van der Waals surface area contributed by atoms with Crippen molar-refractivity contribution in [2.75, 3.05) is 0 Å². The molecule has 0 amide bonds. The third-order valence-corrected chi connectivity index (χ3v) is 3.56. The first kappa shape index (κ1) is 23.1. The predicted octanol–water partition coefficient (Wildman–Crippen LogP) is 5.97. The van der Waals surface area contributed by atoms with Gasteiger partial charge in [0.2, 0.25) is 0 Å². The summed E-state index contributed by atoms with van der Waals surface area (Å²) in [6, 6.07) is 20.7. The number of hydrogen-bond donors (Lipinski definition) is 0. The van der Waals surface area contributed by atoms with Crippen molar-refractivity contribution in [2.45, 2.75) is 12.8 Å². The first-order valence-electron chi connectivity index (χ1n) is 7.59. The fourth-order valence-electron chi connectivity index (χ4n) is 2.44. The second-order valence-corrected chi connectivity index (χ2v) is 5.13. The van der Waals surface area contributed by atoms with E-state index in [1.54, 1.807) is 0 Å². The first-order valence-corrected chi connectivity index (χ1v) is 7.59. The van der Waals surface area contributed by atoms with E-state index >= 15 is 0 Å². The van der Waals surface area contributed by atoms with E-state index in [1.807, 2.05) is 12.1 Å². The minimum absolute atomic E-state index is 0. The molecule has 0 aliphatic heterocycles. The summed E-state index contributed by atoms with van der Waals surface area (Å²) in [7, 11) is 0. The molecule has 4 rings (SSSR count). The maximum absolute atomic E-state index is 3.28. The maximum Gasteiger partial charge on any atom is 2.00 e. The maximum atomic E-state index is 3.28. The largest absolute Gasteiger partial charge is 2.00 e. The molecule has 0 fully saturated rings. The van der Waals surface area contributed by atoms with Gasteiger partial charge in [0.1, 0.15) is 0 Å². The molecule has 2 aromatic carbocycles. The molecule has 2 aliphatic carbocycles. The van der Waals surface area contributed by atoms with Gasteiger partial charge in [0.05, 0.1) is 0 Å². The third-order valence-electron chi connectivity index (χ3n) is 3.56. The smallest absolute Gasteiger partial charge is 0.269 e. The Morgan fingerprint density at radius 2 is 0.920 bits per heavy atom. The van der Waals surface area contributed by atoms with Crippen LogP contribution in [0.1, 0.15) is 24.0 Å². The number of rotatable bonds is 2. The SMILES string of the molecule is F.F.[C-]1=C(c2ccccc2)C=CC1.[C-]1=C(c2ccccc2)C=CC1.[Zr+2]. The van der Waals surface area contributed by atoms with Crippen LogP contribution in [0.25, 0.3) is 11.1 Å². The minimum Gasteiger partial charge on any atom is -0.269 e. The average molecular weight is 414 g/mol.